The number of ether oxygens (including phenoxy) is 1. The number of rotatable bonds is 4. The zero-order valence-corrected chi connectivity index (χ0v) is 13.4. The van der Waals surface area contributed by atoms with E-state index in [1.54, 1.807) is 10.9 Å². The number of benzene rings is 1. The summed E-state index contributed by atoms with van der Waals surface area (Å²) >= 11 is 0. The quantitative estimate of drug-likeness (QED) is 0.799. The summed E-state index contributed by atoms with van der Waals surface area (Å²) in [4.78, 5) is 15.8. The van der Waals surface area contributed by atoms with Gasteiger partial charge in [-0.3, -0.25) is 14.5 Å². The first-order chi connectivity index (χ1) is 11.7. The standard InChI is InChI=1S/C18H18N4O2/c1-22-10-14(9-21-22)13-6-16-15(3-2-4-19-16)17(7-13)24-11-12-5-18(23)20-8-12/h2-4,6-7,9-10,12H,5,8,11H2,1H3,(H,20,23). The van der Waals surface area contributed by atoms with Gasteiger partial charge >= 0.3 is 0 Å². The van der Waals surface area contributed by atoms with Crippen molar-refractivity contribution >= 4 is 16.8 Å². The van der Waals surface area contributed by atoms with Gasteiger partial charge in [0, 0.05) is 49.3 Å². The van der Waals surface area contributed by atoms with Crippen LogP contribution in [-0.2, 0) is 11.8 Å². The SMILES string of the molecule is Cn1cc(-c2cc(OCC3CNC(=O)C3)c3cccnc3c2)cn1. The first-order valence-electron chi connectivity index (χ1n) is 7.96. The van der Waals surface area contributed by atoms with Gasteiger partial charge in [0.25, 0.3) is 0 Å². The molecule has 4 rings (SSSR count). The number of hydrogen-bond acceptors (Lipinski definition) is 4. The van der Waals surface area contributed by atoms with Crippen LogP contribution in [-0.4, -0.2) is 33.8 Å². The highest BCUT2D eigenvalue weighted by Crippen LogP contribution is 2.32. The summed E-state index contributed by atoms with van der Waals surface area (Å²) in [6.45, 7) is 1.19. The van der Waals surface area contributed by atoms with Crippen LogP contribution in [0.25, 0.3) is 22.0 Å². The first kappa shape index (κ1) is 14.7. The monoisotopic (exact) mass is 322 g/mol. The van der Waals surface area contributed by atoms with Crippen LogP contribution in [0.3, 0.4) is 0 Å². The largest absolute Gasteiger partial charge is 0.492 e. The first-order valence-corrected chi connectivity index (χ1v) is 7.96. The molecule has 1 aliphatic rings. The van der Waals surface area contributed by atoms with Crippen LogP contribution in [0.5, 0.6) is 5.75 Å². The van der Waals surface area contributed by atoms with Crippen molar-refractivity contribution in [1.82, 2.24) is 20.1 Å². The van der Waals surface area contributed by atoms with Gasteiger partial charge in [0.2, 0.25) is 5.91 Å². The third kappa shape index (κ3) is 2.82. The summed E-state index contributed by atoms with van der Waals surface area (Å²) in [6, 6.07) is 7.97. The van der Waals surface area contributed by atoms with Crippen LogP contribution in [0.1, 0.15) is 6.42 Å². The second-order valence-electron chi connectivity index (χ2n) is 6.13. The molecule has 0 saturated carbocycles. The minimum absolute atomic E-state index is 0.0965. The number of carbonyl (C=O) groups is 1. The number of amides is 1. The molecule has 1 aliphatic heterocycles. The van der Waals surface area contributed by atoms with Crippen LogP contribution in [0, 0.1) is 5.92 Å². The number of aryl methyl sites for hydroxylation is 1. The summed E-state index contributed by atoms with van der Waals surface area (Å²) in [5, 5.41) is 8.04. The molecule has 1 N–H and O–H groups in total. The number of nitrogens with zero attached hydrogens (tertiary/aromatic N) is 3. The maximum absolute atomic E-state index is 11.3. The van der Waals surface area contributed by atoms with Gasteiger partial charge in [-0.05, 0) is 29.8 Å². The molecule has 2 aromatic heterocycles. The van der Waals surface area contributed by atoms with Gasteiger partial charge in [0.15, 0.2) is 0 Å². The van der Waals surface area contributed by atoms with E-state index >= 15 is 0 Å². The average molecular weight is 322 g/mol. The normalized spacial score (nSPS) is 17.2. The Bertz CT molecular complexity index is 903. The van der Waals surface area contributed by atoms with E-state index in [1.807, 2.05) is 43.7 Å². The molecule has 0 aliphatic carbocycles. The lowest BCUT2D eigenvalue weighted by Crippen LogP contribution is -2.16. The molecule has 1 saturated heterocycles. The predicted molar refractivity (Wildman–Crippen MR) is 90.6 cm³/mol. The topological polar surface area (TPSA) is 69.0 Å². The molecule has 0 bridgehead atoms. The van der Waals surface area contributed by atoms with Crippen molar-refractivity contribution < 1.29 is 9.53 Å². The van der Waals surface area contributed by atoms with Gasteiger partial charge in [-0.15, -0.1) is 0 Å². The van der Waals surface area contributed by atoms with Gasteiger partial charge in [-0.25, -0.2) is 0 Å². The summed E-state index contributed by atoms with van der Waals surface area (Å²) in [7, 11) is 1.89. The second kappa shape index (κ2) is 5.96. The van der Waals surface area contributed by atoms with E-state index < -0.39 is 0 Å². The molecule has 1 atom stereocenters. The molecule has 3 heterocycles. The molecule has 1 amide bonds. The molecule has 0 radical (unpaired) electrons. The Labute approximate surface area is 139 Å². The van der Waals surface area contributed by atoms with E-state index in [4.69, 9.17) is 4.74 Å². The molecular weight excluding hydrogens is 304 g/mol. The van der Waals surface area contributed by atoms with E-state index in [0.717, 1.165) is 27.8 Å². The molecule has 3 aromatic rings. The molecule has 6 nitrogen and oxygen atoms in total. The fourth-order valence-corrected chi connectivity index (χ4v) is 3.00. The van der Waals surface area contributed by atoms with Crippen LogP contribution < -0.4 is 10.1 Å². The number of nitrogens with one attached hydrogen (secondary N) is 1. The minimum Gasteiger partial charge on any atom is -0.492 e. The number of hydrogen-bond donors (Lipinski definition) is 1. The Balaban J connectivity index is 1.68. The molecular formula is C18H18N4O2. The zero-order valence-electron chi connectivity index (χ0n) is 13.4. The number of fused-ring (bicyclic) bond motifs is 1. The molecule has 122 valence electrons. The van der Waals surface area contributed by atoms with E-state index in [0.29, 0.717) is 19.6 Å². The fraction of sp³-hybridized carbons (Fsp3) is 0.278. The highest BCUT2D eigenvalue weighted by atomic mass is 16.5. The van der Waals surface area contributed by atoms with Crippen molar-refractivity contribution in [2.75, 3.05) is 13.2 Å². The van der Waals surface area contributed by atoms with E-state index in [2.05, 4.69) is 15.4 Å². The van der Waals surface area contributed by atoms with Gasteiger partial charge in [-0.1, -0.05) is 0 Å². The Kier molecular flexibility index (Phi) is 3.65. The van der Waals surface area contributed by atoms with Gasteiger partial charge in [0.05, 0.1) is 18.3 Å². The fourth-order valence-electron chi connectivity index (χ4n) is 3.00. The van der Waals surface area contributed by atoms with Gasteiger partial charge in [0.1, 0.15) is 5.75 Å². The Morgan fingerprint density at radius 2 is 2.29 bits per heavy atom. The maximum atomic E-state index is 11.3. The average Bonchev–Trinajstić information content (AvgIpc) is 3.21. The predicted octanol–water partition coefficient (Wildman–Crippen LogP) is 2.15. The van der Waals surface area contributed by atoms with Gasteiger partial charge < -0.3 is 10.1 Å². The van der Waals surface area contributed by atoms with Crippen molar-refractivity contribution in [3.63, 3.8) is 0 Å². The highest BCUT2D eigenvalue weighted by Gasteiger charge is 2.22. The number of aromatic nitrogens is 3. The Hall–Kier alpha value is -2.89. The molecule has 0 spiro atoms. The van der Waals surface area contributed by atoms with E-state index in [1.165, 1.54) is 0 Å². The summed E-state index contributed by atoms with van der Waals surface area (Å²) in [5.41, 5.74) is 2.92. The maximum Gasteiger partial charge on any atom is 0.220 e. The smallest absolute Gasteiger partial charge is 0.220 e. The molecule has 24 heavy (non-hydrogen) atoms. The third-order valence-electron chi connectivity index (χ3n) is 4.26. The molecule has 1 unspecified atom stereocenters. The van der Waals surface area contributed by atoms with Crippen LogP contribution in [0.2, 0.25) is 0 Å². The van der Waals surface area contributed by atoms with Crippen molar-refractivity contribution in [3.8, 4) is 16.9 Å². The van der Waals surface area contributed by atoms with Crippen molar-refractivity contribution in [2.45, 2.75) is 6.42 Å². The molecule has 1 fully saturated rings. The lowest BCUT2D eigenvalue weighted by atomic mass is 10.1. The molecule has 6 heteroatoms. The summed E-state index contributed by atoms with van der Waals surface area (Å²) in [5.74, 6) is 1.10. The summed E-state index contributed by atoms with van der Waals surface area (Å²) < 4.78 is 7.83. The van der Waals surface area contributed by atoms with Gasteiger partial charge in [-0.2, -0.15) is 5.10 Å². The Morgan fingerprint density at radius 3 is 3.04 bits per heavy atom. The third-order valence-corrected chi connectivity index (χ3v) is 4.26. The highest BCUT2D eigenvalue weighted by molar-refractivity contribution is 5.89. The zero-order chi connectivity index (χ0) is 16.5. The van der Waals surface area contributed by atoms with E-state index in [-0.39, 0.29) is 11.8 Å². The lowest BCUT2D eigenvalue weighted by Gasteiger charge is -2.13. The van der Waals surface area contributed by atoms with Crippen LogP contribution in [0.15, 0.2) is 42.9 Å². The van der Waals surface area contributed by atoms with Crippen LogP contribution in [0.4, 0.5) is 0 Å². The number of carbonyl (C=O) groups excluding carboxylic acids is 1. The Morgan fingerprint density at radius 1 is 1.38 bits per heavy atom. The number of pyridine rings is 1. The van der Waals surface area contributed by atoms with Crippen molar-refractivity contribution in [2.24, 2.45) is 13.0 Å². The second-order valence-corrected chi connectivity index (χ2v) is 6.13. The van der Waals surface area contributed by atoms with E-state index in [9.17, 15) is 4.79 Å². The van der Waals surface area contributed by atoms with Crippen molar-refractivity contribution in [1.29, 1.82) is 0 Å². The minimum atomic E-state index is 0.0965. The lowest BCUT2D eigenvalue weighted by molar-refractivity contribution is -0.119. The van der Waals surface area contributed by atoms with Crippen molar-refractivity contribution in [3.05, 3.63) is 42.9 Å². The van der Waals surface area contributed by atoms with Crippen LogP contribution >= 0.6 is 0 Å². The summed E-state index contributed by atoms with van der Waals surface area (Å²) in [6.07, 6.45) is 6.10. The molecule has 1 aromatic carbocycles.